The normalized spacial score (nSPS) is 39.7. The summed E-state index contributed by atoms with van der Waals surface area (Å²) in [6.07, 6.45) is 13.2. The molecule has 0 spiro atoms. The Hall–Kier alpha value is -1.36. The molecule has 5 heteroatoms. The molecule has 3 saturated carbocycles. The Morgan fingerprint density at radius 2 is 1.78 bits per heavy atom. The summed E-state index contributed by atoms with van der Waals surface area (Å²) >= 11 is 0. The lowest BCUT2D eigenvalue weighted by atomic mass is 9.47. The van der Waals surface area contributed by atoms with Gasteiger partial charge in [0.25, 0.3) is 0 Å². The van der Waals surface area contributed by atoms with Crippen LogP contribution in [0.3, 0.4) is 0 Å². The molecule has 9 atom stereocenters. The van der Waals surface area contributed by atoms with Gasteiger partial charge in [0.1, 0.15) is 12.2 Å². The topological polar surface area (TPSA) is 72.8 Å². The lowest BCUT2D eigenvalue weighted by molar-refractivity contribution is -0.160. The molecule has 0 aromatic rings. The third-order valence-corrected chi connectivity index (χ3v) is 11.1. The second-order valence-electron chi connectivity index (χ2n) is 13.8. The number of aliphatic hydroxyl groups is 1. The molecule has 4 rings (SSSR count). The summed E-state index contributed by atoms with van der Waals surface area (Å²) in [6.45, 7) is 13.9. The van der Waals surface area contributed by atoms with Gasteiger partial charge in [0.05, 0.1) is 5.60 Å². The largest absolute Gasteiger partial charge is 0.462 e. The smallest absolute Gasteiger partial charge is 0.303 e. The van der Waals surface area contributed by atoms with Crippen molar-refractivity contribution in [2.45, 2.75) is 130 Å². The minimum atomic E-state index is -1.03. The lowest BCUT2D eigenvalue weighted by Crippen LogP contribution is -2.51. The summed E-state index contributed by atoms with van der Waals surface area (Å²) in [5.41, 5.74) is 1.15. The predicted molar refractivity (Wildman–Crippen MR) is 141 cm³/mol. The van der Waals surface area contributed by atoms with Crippen molar-refractivity contribution in [1.29, 1.82) is 0 Å². The van der Waals surface area contributed by atoms with Crippen molar-refractivity contribution in [3.05, 3.63) is 11.6 Å². The lowest BCUT2D eigenvalue weighted by Gasteiger charge is -2.58. The monoisotopic (exact) mass is 502 g/mol. The Balaban J connectivity index is 1.45. The van der Waals surface area contributed by atoms with Crippen LogP contribution in [0.1, 0.15) is 113 Å². The number of ether oxygens (including phenoxy) is 2. The fourth-order valence-electron chi connectivity index (χ4n) is 9.31. The second kappa shape index (κ2) is 10.1. The first-order valence-corrected chi connectivity index (χ1v) is 14.5. The Morgan fingerprint density at radius 3 is 2.42 bits per heavy atom. The molecule has 204 valence electrons. The van der Waals surface area contributed by atoms with Crippen LogP contribution in [0.4, 0.5) is 0 Å². The molecule has 4 aliphatic carbocycles. The standard InChI is InChI=1S/C31H50O5/c1-19(8-13-28(29(4,5)34)36-21(3)33)25-11-12-26-24-10-9-22-18-23(35-20(2)32)14-16-30(22,6)27(24)15-17-31(25,26)7/h9,19,23-28,34H,8,10-18H2,1-7H3/t19-,23+,24+,25-,26+,27+,28+,30+,31-/m1/s1. The molecule has 0 saturated heterocycles. The molecule has 0 aliphatic heterocycles. The molecule has 0 bridgehead atoms. The van der Waals surface area contributed by atoms with E-state index in [4.69, 9.17) is 9.47 Å². The highest BCUT2D eigenvalue weighted by molar-refractivity contribution is 5.66. The molecule has 1 N–H and O–H groups in total. The van der Waals surface area contributed by atoms with Gasteiger partial charge in [-0.3, -0.25) is 9.59 Å². The molecule has 5 nitrogen and oxygen atoms in total. The molecule has 0 unspecified atom stereocenters. The molecule has 0 aromatic carbocycles. The fraction of sp³-hybridized carbons (Fsp3) is 0.871. The van der Waals surface area contributed by atoms with Crippen LogP contribution < -0.4 is 0 Å². The number of carbonyl (C=O) groups excluding carboxylic acids is 2. The average molecular weight is 503 g/mol. The van der Waals surface area contributed by atoms with Gasteiger partial charge in [-0.25, -0.2) is 0 Å². The second-order valence-corrected chi connectivity index (χ2v) is 13.8. The minimum absolute atomic E-state index is 0.0589. The van der Waals surface area contributed by atoms with Crippen LogP contribution in [0, 0.1) is 40.4 Å². The van der Waals surface area contributed by atoms with Crippen LogP contribution >= 0.6 is 0 Å². The van der Waals surface area contributed by atoms with Crippen molar-refractivity contribution in [2.24, 2.45) is 40.4 Å². The molecular formula is C31H50O5. The van der Waals surface area contributed by atoms with Crippen molar-refractivity contribution >= 4 is 11.9 Å². The summed E-state index contributed by atoms with van der Waals surface area (Å²) in [7, 11) is 0. The summed E-state index contributed by atoms with van der Waals surface area (Å²) in [6, 6.07) is 0. The van der Waals surface area contributed by atoms with E-state index in [2.05, 4.69) is 26.8 Å². The van der Waals surface area contributed by atoms with Gasteiger partial charge in [0, 0.05) is 20.3 Å². The van der Waals surface area contributed by atoms with E-state index in [0.717, 1.165) is 43.4 Å². The third kappa shape index (κ3) is 5.15. The van der Waals surface area contributed by atoms with Gasteiger partial charge in [0.15, 0.2) is 0 Å². The molecule has 3 fully saturated rings. The van der Waals surface area contributed by atoms with Crippen molar-refractivity contribution in [3.8, 4) is 0 Å². The van der Waals surface area contributed by atoms with E-state index >= 15 is 0 Å². The molecule has 0 aromatic heterocycles. The highest BCUT2D eigenvalue weighted by Crippen LogP contribution is 2.67. The molecular weight excluding hydrogens is 452 g/mol. The number of fused-ring (bicyclic) bond motifs is 5. The number of rotatable bonds is 7. The first kappa shape index (κ1) is 27.7. The Morgan fingerprint density at radius 1 is 1.06 bits per heavy atom. The van der Waals surface area contributed by atoms with E-state index < -0.39 is 11.7 Å². The van der Waals surface area contributed by atoms with Crippen molar-refractivity contribution in [1.82, 2.24) is 0 Å². The van der Waals surface area contributed by atoms with Crippen LogP contribution in [0.5, 0.6) is 0 Å². The van der Waals surface area contributed by atoms with Gasteiger partial charge < -0.3 is 14.6 Å². The minimum Gasteiger partial charge on any atom is -0.462 e. The Kier molecular flexibility index (Phi) is 7.74. The Labute approximate surface area is 218 Å². The van der Waals surface area contributed by atoms with Crippen LogP contribution in [0.25, 0.3) is 0 Å². The van der Waals surface area contributed by atoms with Gasteiger partial charge in [-0.05, 0) is 112 Å². The summed E-state index contributed by atoms with van der Waals surface area (Å²) in [4.78, 5) is 23.1. The van der Waals surface area contributed by atoms with Crippen LogP contribution in [0.2, 0.25) is 0 Å². The SMILES string of the molecule is CC(=O)O[C@H]1CC[C@@]2(C)C(=CC[C@H]3[C@@H]4CC[C@H]([C@H](C)CC[C@H](OC(C)=O)C(C)(C)O)[C@@]4(C)CC[C@@H]32)C1. The molecule has 4 aliphatic rings. The zero-order chi connectivity index (χ0) is 26.5. The third-order valence-electron chi connectivity index (χ3n) is 11.1. The zero-order valence-corrected chi connectivity index (χ0v) is 23.8. The van der Waals surface area contributed by atoms with Crippen LogP contribution in [-0.2, 0) is 19.1 Å². The summed E-state index contributed by atoms with van der Waals surface area (Å²) in [5, 5.41) is 10.5. The molecule has 0 heterocycles. The quantitative estimate of drug-likeness (QED) is 0.313. The number of hydrogen-bond donors (Lipinski definition) is 1. The number of esters is 2. The first-order valence-electron chi connectivity index (χ1n) is 14.5. The van der Waals surface area contributed by atoms with Crippen LogP contribution in [0.15, 0.2) is 11.6 Å². The van der Waals surface area contributed by atoms with Crippen molar-refractivity contribution < 1.29 is 24.2 Å². The maximum Gasteiger partial charge on any atom is 0.303 e. The summed E-state index contributed by atoms with van der Waals surface area (Å²) in [5.74, 6) is 3.02. The maximum atomic E-state index is 11.6. The van der Waals surface area contributed by atoms with Gasteiger partial charge in [-0.1, -0.05) is 32.4 Å². The van der Waals surface area contributed by atoms with E-state index in [1.807, 2.05) is 0 Å². The maximum absolute atomic E-state index is 11.6. The number of hydrogen-bond acceptors (Lipinski definition) is 5. The number of allylic oxidation sites excluding steroid dienone is 1. The molecule has 36 heavy (non-hydrogen) atoms. The van der Waals surface area contributed by atoms with E-state index in [0.29, 0.717) is 23.7 Å². The van der Waals surface area contributed by atoms with Crippen molar-refractivity contribution in [3.63, 3.8) is 0 Å². The highest BCUT2D eigenvalue weighted by atomic mass is 16.6. The highest BCUT2D eigenvalue weighted by Gasteiger charge is 2.59. The van der Waals surface area contributed by atoms with Gasteiger partial charge in [-0.15, -0.1) is 0 Å². The summed E-state index contributed by atoms with van der Waals surface area (Å²) < 4.78 is 11.1. The van der Waals surface area contributed by atoms with E-state index in [-0.39, 0.29) is 23.5 Å². The van der Waals surface area contributed by atoms with Crippen molar-refractivity contribution in [2.75, 3.05) is 0 Å². The molecule has 0 radical (unpaired) electrons. The molecule has 0 amide bonds. The first-order chi connectivity index (χ1) is 16.8. The van der Waals surface area contributed by atoms with Gasteiger partial charge >= 0.3 is 11.9 Å². The predicted octanol–water partition coefficient (Wildman–Crippen LogP) is 6.62. The Bertz CT molecular complexity index is 871. The number of carbonyl (C=O) groups is 2. The van der Waals surface area contributed by atoms with Gasteiger partial charge in [-0.2, -0.15) is 0 Å². The average Bonchev–Trinajstić information content (AvgIpc) is 3.12. The van der Waals surface area contributed by atoms with E-state index in [1.165, 1.54) is 46.0 Å². The van der Waals surface area contributed by atoms with Crippen LogP contribution in [-0.4, -0.2) is 34.9 Å². The zero-order valence-electron chi connectivity index (χ0n) is 23.8. The fourth-order valence-corrected chi connectivity index (χ4v) is 9.31. The van der Waals surface area contributed by atoms with E-state index in [9.17, 15) is 14.7 Å². The van der Waals surface area contributed by atoms with Gasteiger partial charge in [0.2, 0.25) is 0 Å². The van der Waals surface area contributed by atoms with E-state index in [1.54, 1.807) is 19.4 Å².